The van der Waals surface area contributed by atoms with Crippen LogP contribution in [0.1, 0.15) is 0 Å². The number of rotatable bonds is 0. The number of benzene rings is 1. The number of phenols is 1. The summed E-state index contributed by atoms with van der Waals surface area (Å²) in [6.07, 6.45) is 0. The van der Waals surface area contributed by atoms with E-state index in [0.29, 0.717) is 5.75 Å². The van der Waals surface area contributed by atoms with Gasteiger partial charge in [0, 0.05) is 0 Å². The summed E-state index contributed by atoms with van der Waals surface area (Å²) in [6.45, 7) is 0. The lowest BCUT2D eigenvalue weighted by atomic mass is 10.3. The predicted octanol–water partition coefficient (Wildman–Crippen LogP) is 1.04. The molecule has 0 aliphatic carbocycles. The minimum absolute atomic E-state index is 0.322. The zero-order valence-electron chi connectivity index (χ0n) is 5.27. The number of phenolic OH excluding ortho intramolecular Hbond substituents is 1. The molecule has 0 spiro atoms. The van der Waals surface area contributed by atoms with Crippen LogP contribution >= 0.6 is 8.69 Å². The molecule has 1 aromatic rings. The average Bonchev–Trinajstić information content (AvgIpc) is 1.91. The van der Waals surface area contributed by atoms with Gasteiger partial charge in [0.2, 0.25) is 0 Å². The maximum atomic E-state index is 8.63. The quantitative estimate of drug-likeness (QED) is 0.557. The standard InChI is InChI=1S/C6H6O.H3O2P/c7-6-4-2-1-3-5-6;1-3-2/h1-5,7H;3H2,(H,1,2). The largest absolute Gasteiger partial charge is 0.508 e. The highest BCUT2D eigenvalue weighted by molar-refractivity contribution is 7.16. The van der Waals surface area contributed by atoms with Crippen LogP contribution in [0.3, 0.4) is 0 Å². The van der Waals surface area contributed by atoms with Crippen LogP contribution in [-0.2, 0) is 4.57 Å². The first kappa shape index (κ1) is 9.21. The van der Waals surface area contributed by atoms with Crippen molar-refractivity contribution in [3.63, 3.8) is 0 Å². The maximum absolute atomic E-state index is 8.63. The van der Waals surface area contributed by atoms with Crippen LogP contribution in [0.15, 0.2) is 30.3 Å². The third-order valence-corrected chi connectivity index (χ3v) is 0.756. The van der Waals surface area contributed by atoms with E-state index in [0.717, 1.165) is 0 Å². The molecule has 1 rings (SSSR count). The summed E-state index contributed by atoms with van der Waals surface area (Å²) in [5, 5.41) is 8.63. The molecule has 0 heterocycles. The van der Waals surface area contributed by atoms with Crippen LogP contribution in [-0.4, -0.2) is 10.00 Å². The van der Waals surface area contributed by atoms with Gasteiger partial charge in [0.15, 0.2) is 8.69 Å². The second-order valence-corrected chi connectivity index (χ2v) is 1.65. The van der Waals surface area contributed by atoms with Crippen molar-refractivity contribution in [2.75, 3.05) is 0 Å². The van der Waals surface area contributed by atoms with E-state index >= 15 is 0 Å². The zero-order chi connectivity index (χ0) is 7.82. The van der Waals surface area contributed by atoms with E-state index < -0.39 is 8.69 Å². The molecule has 0 aliphatic heterocycles. The van der Waals surface area contributed by atoms with E-state index in [9.17, 15) is 0 Å². The number of hydrogen-bond donors (Lipinski definition) is 2. The third kappa shape index (κ3) is 5.35. The van der Waals surface area contributed by atoms with Crippen molar-refractivity contribution in [2.24, 2.45) is 0 Å². The van der Waals surface area contributed by atoms with Crippen LogP contribution in [0.2, 0.25) is 0 Å². The van der Waals surface area contributed by atoms with Crippen molar-refractivity contribution in [3.05, 3.63) is 30.3 Å². The molecule has 0 aliphatic rings. The normalized spacial score (nSPS) is 8.90. The van der Waals surface area contributed by atoms with Crippen LogP contribution in [0.4, 0.5) is 0 Å². The van der Waals surface area contributed by atoms with Crippen molar-refractivity contribution in [2.45, 2.75) is 0 Å². The van der Waals surface area contributed by atoms with E-state index in [-0.39, 0.29) is 0 Å². The second-order valence-electron chi connectivity index (χ2n) is 1.44. The Balaban J connectivity index is 0.000000236. The first-order valence-corrected chi connectivity index (χ1v) is 3.62. The highest BCUT2D eigenvalue weighted by Crippen LogP contribution is 2.02. The van der Waals surface area contributed by atoms with Crippen molar-refractivity contribution in [3.8, 4) is 5.75 Å². The minimum atomic E-state index is -1.50. The van der Waals surface area contributed by atoms with Crippen molar-refractivity contribution < 1.29 is 14.6 Å². The highest BCUT2D eigenvalue weighted by Gasteiger charge is 1.74. The molecule has 0 saturated carbocycles. The third-order valence-electron chi connectivity index (χ3n) is 0.756. The number of aromatic hydroxyl groups is 1. The van der Waals surface area contributed by atoms with E-state index in [2.05, 4.69) is 0 Å². The van der Waals surface area contributed by atoms with Gasteiger partial charge in [-0.2, -0.15) is 0 Å². The summed E-state index contributed by atoms with van der Waals surface area (Å²) in [5.74, 6) is 0.322. The molecule has 0 aromatic heterocycles. The summed E-state index contributed by atoms with van der Waals surface area (Å²) in [4.78, 5) is 7.10. The Morgan fingerprint density at radius 2 is 1.60 bits per heavy atom. The molecule has 1 unspecified atom stereocenters. The van der Waals surface area contributed by atoms with Crippen molar-refractivity contribution >= 4 is 8.69 Å². The Morgan fingerprint density at radius 3 is 1.80 bits per heavy atom. The lowest BCUT2D eigenvalue weighted by molar-refractivity contribution is 0.475. The molecule has 0 radical (unpaired) electrons. The fourth-order valence-corrected chi connectivity index (χ4v) is 0.428. The molecule has 1 atom stereocenters. The van der Waals surface area contributed by atoms with Crippen LogP contribution < -0.4 is 0 Å². The van der Waals surface area contributed by atoms with Gasteiger partial charge < -0.3 is 10.00 Å². The molecule has 10 heavy (non-hydrogen) atoms. The van der Waals surface area contributed by atoms with E-state index in [4.69, 9.17) is 14.6 Å². The molecular formula is C6H9O3P. The Bertz CT molecular complexity index is 176. The molecular weight excluding hydrogens is 151 g/mol. The molecule has 3 nitrogen and oxygen atoms in total. The van der Waals surface area contributed by atoms with Gasteiger partial charge >= 0.3 is 0 Å². The topological polar surface area (TPSA) is 57.5 Å². The van der Waals surface area contributed by atoms with Crippen LogP contribution in [0, 0.1) is 0 Å². The van der Waals surface area contributed by atoms with E-state index in [1.807, 2.05) is 6.07 Å². The number of para-hydroxylation sites is 1. The second kappa shape index (κ2) is 6.33. The molecule has 2 N–H and O–H groups in total. The molecule has 1 aromatic carbocycles. The first-order chi connectivity index (χ1) is 4.81. The molecule has 0 saturated heterocycles. The van der Waals surface area contributed by atoms with Gasteiger partial charge in [0.1, 0.15) is 5.75 Å². The summed E-state index contributed by atoms with van der Waals surface area (Å²) in [5.41, 5.74) is 0. The number of hydrogen-bond acceptors (Lipinski definition) is 2. The fourth-order valence-electron chi connectivity index (χ4n) is 0.428. The summed E-state index contributed by atoms with van der Waals surface area (Å²) in [7, 11) is -1.50. The SMILES string of the molecule is O=[PH2]O.Oc1ccccc1. The minimum Gasteiger partial charge on any atom is -0.508 e. The zero-order valence-corrected chi connectivity index (χ0v) is 6.42. The smallest absolute Gasteiger partial charge is 0.177 e. The van der Waals surface area contributed by atoms with Gasteiger partial charge in [-0.15, -0.1) is 0 Å². The van der Waals surface area contributed by atoms with Crippen LogP contribution in [0.25, 0.3) is 0 Å². The monoisotopic (exact) mass is 160 g/mol. The summed E-state index contributed by atoms with van der Waals surface area (Å²) in [6, 6.07) is 8.71. The van der Waals surface area contributed by atoms with E-state index in [1.54, 1.807) is 24.3 Å². The van der Waals surface area contributed by atoms with E-state index in [1.165, 1.54) is 0 Å². The molecule has 0 amide bonds. The maximum Gasteiger partial charge on any atom is 0.177 e. The lowest BCUT2D eigenvalue weighted by Gasteiger charge is -1.82. The molecule has 0 bridgehead atoms. The van der Waals surface area contributed by atoms with Gasteiger partial charge in [-0.05, 0) is 12.1 Å². The van der Waals surface area contributed by atoms with Crippen molar-refractivity contribution in [1.29, 1.82) is 0 Å². The Hall–Kier alpha value is -0.790. The first-order valence-electron chi connectivity index (χ1n) is 2.63. The van der Waals surface area contributed by atoms with Gasteiger partial charge in [0.05, 0.1) is 0 Å². The average molecular weight is 160 g/mol. The predicted molar refractivity (Wildman–Crippen MR) is 40.7 cm³/mol. The Kier molecular flexibility index (Phi) is 5.83. The molecule has 56 valence electrons. The summed E-state index contributed by atoms with van der Waals surface area (Å²) >= 11 is 0. The van der Waals surface area contributed by atoms with Gasteiger partial charge in [-0.3, -0.25) is 4.57 Å². The Labute approximate surface area is 60.2 Å². The van der Waals surface area contributed by atoms with Crippen LogP contribution in [0.5, 0.6) is 5.75 Å². The lowest BCUT2D eigenvalue weighted by Crippen LogP contribution is -1.56. The molecule has 4 heteroatoms. The van der Waals surface area contributed by atoms with Gasteiger partial charge in [0.25, 0.3) is 0 Å². The fraction of sp³-hybridized carbons (Fsp3) is 0. The molecule has 0 fully saturated rings. The van der Waals surface area contributed by atoms with Crippen molar-refractivity contribution in [1.82, 2.24) is 0 Å². The summed E-state index contributed by atoms with van der Waals surface area (Å²) < 4.78 is 8.57. The highest BCUT2D eigenvalue weighted by atomic mass is 31.1. The Morgan fingerprint density at radius 1 is 1.20 bits per heavy atom. The van der Waals surface area contributed by atoms with Gasteiger partial charge in [-0.1, -0.05) is 18.2 Å². The van der Waals surface area contributed by atoms with Gasteiger partial charge in [-0.25, -0.2) is 0 Å².